The molecule has 1 aliphatic carbocycles. The van der Waals surface area contributed by atoms with Gasteiger partial charge in [0.15, 0.2) is 5.13 Å². The quantitative estimate of drug-likeness (QED) is 0.345. The van der Waals surface area contributed by atoms with Crippen LogP contribution in [0.2, 0.25) is 5.02 Å². The van der Waals surface area contributed by atoms with E-state index in [0.29, 0.717) is 29.7 Å². The Kier molecular flexibility index (Phi) is 9.62. The van der Waals surface area contributed by atoms with E-state index in [0.717, 1.165) is 23.2 Å². The monoisotopic (exact) mass is 672 g/mol. The Hall–Kier alpha value is -3.38. The van der Waals surface area contributed by atoms with Crippen molar-refractivity contribution in [1.29, 1.82) is 0 Å². The number of carbonyl (C=O) groups is 4. The number of thiazole rings is 1. The molecule has 2 aromatic rings. The van der Waals surface area contributed by atoms with E-state index < -0.39 is 41.1 Å². The van der Waals surface area contributed by atoms with Gasteiger partial charge in [0, 0.05) is 30.4 Å². The molecule has 46 heavy (non-hydrogen) atoms. The Labute approximate surface area is 279 Å². The van der Waals surface area contributed by atoms with Crippen molar-refractivity contribution in [3.8, 4) is 0 Å². The molecular formula is C33H45ClN6O5S. The minimum absolute atomic E-state index is 0.00301. The molecule has 2 fully saturated rings. The molecule has 1 aromatic heterocycles. The average molecular weight is 673 g/mol. The fraction of sp³-hybridized carbons (Fsp3) is 0.606. The average Bonchev–Trinajstić information content (AvgIpc) is 3.40. The predicted molar refractivity (Wildman–Crippen MR) is 177 cm³/mol. The highest BCUT2D eigenvalue weighted by Crippen LogP contribution is 2.46. The molecule has 0 spiro atoms. The summed E-state index contributed by atoms with van der Waals surface area (Å²) in [6.45, 7) is 12.7. The second kappa shape index (κ2) is 13.0. The van der Waals surface area contributed by atoms with E-state index in [1.54, 1.807) is 18.0 Å². The third-order valence-electron chi connectivity index (χ3n) is 9.37. The number of benzene rings is 1. The van der Waals surface area contributed by atoms with E-state index in [2.05, 4.69) is 34.8 Å². The van der Waals surface area contributed by atoms with Crippen molar-refractivity contribution in [3.05, 3.63) is 45.4 Å². The van der Waals surface area contributed by atoms with E-state index in [-0.39, 0.29) is 36.6 Å². The molecule has 1 aromatic carbocycles. The number of nitrogens with one attached hydrogen (secondary N) is 3. The second-order valence-corrected chi connectivity index (χ2v) is 15.3. The summed E-state index contributed by atoms with van der Waals surface area (Å²) in [5.41, 5.74) is 1.21. The molecule has 3 aliphatic rings. The van der Waals surface area contributed by atoms with Gasteiger partial charge in [-0.2, -0.15) is 0 Å². The predicted octanol–water partition coefficient (Wildman–Crippen LogP) is 4.90. The molecule has 1 saturated heterocycles. The van der Waals surface area contributed by atoms with Gasteiger partial charge in [-0.05, 0) is 40.9 Å². The first kappa shape index (κ1) is 34.0. The van der Waals surface area contributed by atoms with Crippen molar-refractivity contribution in [2.75, 3.05) is 18.9 Å². The van der Waals surface area contributed by atoms with E-state index in [9.17, 15) is 19.2 Å². The minimum Gasteiger partial charge on any atom is -0.444 e. The summed E-state index contributed by atoms with van der Waals surface area (Å²) in [4.78, 5) is 62.4. The number of halogens is 1. The standard InChI is InChI=1S/C33H45ClN6O5S/c1-8-20-13-33(20,29(43)35-7)38-27(41)25-12-21(45-31(44)39-14-19-10-9-11-23(34)22(19)16-39)15-40(25)28(42)26(32(4,5)6)37-30-36-24(17-46-30)18(2)3/h9-11,17-18,20-21,25-26H,8,12-16H2,1-7H3,(H,35,43)(H,36,37)(H,38,41)/t20-,21-,25+,26-,33-/m1/s1. The summed E-state index contributed by atoms with van der Waals surface area (Å²) in [6.07, 6.45) is 0.107. The van der Waals surface area contributed by atoms with Crippen molar-refractivity contribution in [2.45, 2.75) is 104 Å². The highest BCUT2D eigenvalue weighted by molar-refractivity contribution is 7.13. The number of anilines is 1. The molecule has 3 heterocycles. The summed E-state index contributed by atoms with van der Waals surface area (Å²) in [6, 6.07) is 3.91. The molecule has 11 nitrogen and oxygen atoms in total. The molecule has 0 radical (unpaired) electrons. The lowest BCUT2D eigenvalue weighted by molar-refractivity contribution is -0.141. The Morgan fingerprint density at radius 2 is 1.93 bits per heavy atom. The van der Waals surface area contributed by atoms with Gasteiger partial charge in [0.2, 0.25) is 17.7 Å². The molecule has 1 saturated carbocycles. The van der Waals surface area contributed by atoms with Gasteiger partial charge in [-0.15, -0.1) is 11.3 Å². The summed E-state index contributed by atoms with van der Waals surface area (Å²) in [5, 5.41) is 12.2. The van der Waals surface area contributed by atoms with E-state index in [1.807, 2.05) is 45.2 Å². The Bertz CT molecular complexity index is 1510. The maximum Gasteiger partial charge on any atom is 0.410 e. The van der Waals surface area contributed by atoms with Crippen LogP contribution in [-0.4, -0.2) is 75.9 Å². The summed E-state index contributed by atoms with van der Waals surface area (Å²) in [5.74, 6) is -0.749. The highest BCUT2D eigenvalue weighted by atomic mass is 35.5. The fourth-order valence-electron chi connectivity index (χ4n) is 6.49. The van der Waals surface area contributed by atoms with Crippen LogP contribution in [0, 0.1) is 11.3 Å². The lowest BCUT2D eigenvalue weighted by Crippen LogP contribution is -2.58. The lowest BCUT2D eigenvalue weighted by atomic mass is 9.85. The largest absolute Gasteiger partial charge is 0.444 e. The Balaban J connectivity index is 1.38. The number of likely N-dealkylation sites (N-methyl/N-ethyl adjacent to an activating group) is 1. The van der Waals surface area contributed by atoms with Gasteiger partial charge in [0.05, 0.1) is 18.8 Å². The first-order valence-electron chi connectivity index (χ1n) is 16.0. The van der Waals surface area contributed by atoms with Crippen LogP contribution in [0.1, 0.15) is 83.5 Å². The van der Waals surface area contributed by atoms with Gasteiger partial charge in [-0.1, -0.05) is 71.7 Å². The molecular weight excluding hydrogens is 628 g/mol. The number of hydrogen-bond acceptors (Lipinski definition) is 8. The number of fused-ring (bicyclic) bond motifs is 1. The van der Waals surface area contributed by atoms with Gasteiger partial charge in [0.25, 0.3) is 0 Å². The van der Waals surface area contributed by atoms with E-state index in [4.69, 9.17) is 16.3 Å². The normalized spacial score (nSPS) is 24.4. The molecule has 5 rings (SSSR count). The molecule has 0 unspecified atom stereocenters. The fourth-order valence-corrected chi connectivity index (χ4v) is 7.65. The van der Waals surface area contributed by atoms with Crippen LogP contribution in [0.3, 0.4) is 0 Å². The first-order valence-corrected chi connectivity index (χ1v) is 17.2. The number of amides is 4. The van der Waals surface area contributed by atoms with Crippen LogP contribution in [-0.2, 0) is 32.2 Å². The highest BCUT2D eigenvalue weighted by Gasteiger charge is 2.61. The molecule has 4 amide bonds. The van der Waals surface area contributed by atoms with Gasteiger partial charge >= 0.3 is 6.09 Å². The van der Waals surface area contributed by atoms with Crippen molar-refractivity contribution < 1.29 is 23.9 Å². The number of aromatic nitrogens is 1. The van der Waals surface area contributed by atoms with Gasteiger partial charge < -0.3 is 25.6 Å². The second-order valence-electron chi connectivity index (χ2n) is 14.0. The maximum absolute atomic E-state index is 14.4. The van der Waals surface area contributed by atoms with Crippen LogP contribution in [0.5, 0.6) is 0 Å². The van der Waals surface area contributed by atoms with Crippen LogP contribution in [0.4, 0.5) is 9.93 Å². The molecule has 250 valence electrons. The van der Waals surface area contributed by atoms with Crippen LogP contribution in [0.25, 0.3) is 0 Å². The minimum atomic E-state index is -1.01. The zero-order valence-corrected chi connectivity index (χ0v) is 29.2. The van der Waals surface area contributed by atoms with E-state index in [1.165, 1.54) is 16.2 Å². The summed E-state index contributed by atoms with van der Waals surface area (Å²) in [7, 11) is 1.55. The van der Waals surface area contributed by atoms with Crippen LogP contribution < -0.4 is 16.0 Å². The number of hydrogen-bond donors (Lipinski definition) is 3. The Morgan fingerprint density at radius 1 is 1.20 bits per heavy atom. The molecule has 3 N–H and O–H groups in total. The van der Waals surface area contributed by atoms with Gasteiger partial charge in [-0.3, -0.25) is 19.3 Å². The third kappa shape index (κ3) is 6.69. The SMILES string of the molecule is CC[C@@H]1C[C@]1(NC(=O)[C@@H]1C[C@@H](OC(=O)N2Cc3cccc(Cl)c3C2)CN1C(=O)[C@@H](Nc1nc(C(C)C)cs1)C(C)(C)C)C(=O)NC. The van der Waals surface area contributed by atoms with Crippen molar-refractivity contribution >= 4 is 51.9 Å². The van der Waals surface area contributed by atoms with Crippen molar-refractivity contribution in [2.24, 2.45) is 11.3 Å². The molecule has 2 aliphatic heterocycles. The number of nitrogens with zero attached hydrogens (tertiary/aromatic N) is 3. The van der Waals surface area contributed by atoms with Crippen LogP contribution in [0.15, 0.2) is 23.6 Å². The number of likely N-dealkylation sites (tertiary alicyclic amines) is 1. The zero-order valence-electron chi connectivity index (χ0n) is 27.6. The lowest BCUT2D eigenvalue weighted by Gasteiger charge is -2.35. The summed E-state index contributed by atoms with van der Waals surface area (Å²) < 4.78 is 5.96. The smallest absolute Gasteiger partial charge is 0.410 e. The first-order chi connectivity index (χ1) is 21.7. The van der Waals surface area contributed by atoms with E-state index >= 15 is 0 Å². The van der Waals surface area contributed by atoms with Gasteiger partial charge in [-0.25, -0.2) is 9.78 Å². The number of rotatable bonds is 9. The summed E-state index contributed by atoms with van der Waals surface area (Å²) >= 11 is 7.80. The van der Waals surface area contributed by atoms with Crippen LogP contribution >= 0.6 is 22.9 Å². The Morgan fingerprint density at radius 3 is 2.52 bits per heavy atom. The molecule has 5 atom stereocenters. The third-order valence-corrected chi connectivity index (χ3v) is 10.5. The molecule has 13 heteroatoms. The zero-order chi connectivity index (χ0) is 33.6. The number of ether oxygens (including phenoxy) is 1. The van der Waals surface area contributed by atoms with Crippen molar-refractivity contribution in [3.63, 3.8) is 0 Å². The van der Waals surface area contributed by atoms with Crippen molar-refractivity contribution in [1.82, 2.24) is 25.4 Å². The number of carbonyl (C=O) groups excluding carboxylic acids is 4. The molecule has 0 bridgehead atoms. The van der Waals surface area contributed by atoms with Gasteiger partial charge in [0.1, 0.15) is 23.7 Å². The maximum atomic E-state index is 14.4. The topological polar surface area (TPSA) is 133 Å².